The second kappa shape index (κ2) is 6.53. The van der Waals surface area contributed by atoms with E-state index in [1.807, 2.05) is 0 Å². The van der Waals surface area contributed by atoms with Gasteiger partial charge in [-0.3, -0.25) is 0 Å². The van der Waals surface area contributed by atoms with Crippen LogP contribution in [0.25, 0.3) is 0 Å². The molecule has 0 aliphatic heterocycles. The largest absolute Gasteiger partial charge is 0.389 e. The molecule has 106 valence electrons. The maximum Gasteiger partial charge on any atom is 0.0771 e. The van der Waals surface area contributed by atoms with E-state index in [9.17, 15) is 5.11 Å². The summed E-state index contributed by atoms with van der Waals surface area (Å²) >= 11 is 0. The third-order valence-corrected chi connectivity index (χ3v) is 4.35. The molecule has 1 atom stereocenters. The fourth-order valence-corrected chi connectivity index (χ4v) is 2.99. The lowest BCUT2D eigenvalue weighted by Crippen LogP contribution is -2.45. The molecule has 1 aromatic rings. The van der Waals surface area contributed by atoms with Gasteiger partial charge in [-0.1, -0.05) is 43.5 Å². The van der Waals surface area contributed by atoms with E-state index in [0.29, 0.717) is 6.04 Å². The molecule has 0 saturated heterocycles. The summed E-state index contributed by atoms with van der Waals surface area (Å²) in [5, 5.41) is 14.0. The van der Waals surface area contributed by atoms with Crippen LogP contribution < -0.4 is 5.32 Å². The minimum atomic E-state index is -0.460. The Morgan fingerprint density at radius 3 is 2.58 bits per heavy atom. The molecule has 1 saturated carbocycles. The van der Waals surface area contributed by atoms with E-state index < -0.39 is 5.60 Å². The fraction of sp³-hybridized carbons (Fsp3) is 0.647. The molecule has 1 fully saturated rings. The summed E-state index contributed by atoms with van der Waals surface area (Å²) < 4.78 is 0. The molecule has 2 heteroatoms. The molecule has 0 spiro atoms. The van der Waals surface area contributed by atoms with Gasteiger partial charge < -0.3 is 10.4 Å². The van der Waals surface area contributed by atoms with E-state index in [2.05, 4.69) is 43.4 Å². The van der Waals surface area contributed by atoms with Crippen LogP contribution in [0, 0.1) is 6.92 Å². The SMILES string of the molecule is Cc1ccccc1CC(C)NCC1(O)CCCCC1. The summed E-state index contributed by atoms with van der Waals surface area (Å²) in [5.41, 5.74) is 2.30. The van der Waals surface area contributed by atoms with Gasteiger partial charge in [0.15, 0.2) is 0 Å². The summed E-state index contributed by atoms with van der Waals surface area (Å²) in [4.78, 5) is 0. The van der Waals surface area contributed by atoms with Gasteiger partial charge in [0.05, 0.1) is 5.60 Å². The van der Waals surface area contributed by atoms with Crippen LogP contribution in [0.4, 0.5) is 0 Å². The average molecular weight is 261 g/mol. The van der Waals surface area contributed by atoms with Crippen LogP contribution in [0.5, 0.6) is 0 Å². The van der Waals surface area contributed by atoms with Gasteiger partial charge in [0.25, 0.3) is 0 Å². The normalized spacial score (nSPS) is 20.2. The van der Waals surface area contributed by atoms with E-state index in [-0.39, 0.29) is 0 Å². The molecule has 2 nitrogen and oxygen atoms in total. The predicted octanol–water partition coefficient (Wildman–Crippen LogP) is 3.21. The highest BCUT2D eigenvalue weighted by molar-refractivity contribution is 5.26. The van der Waals surface area contributed by atoms with Crippen LogP contribution in [0.1, 0.15) is 50.2 Å². The van der Waals surface area contributed by atoms with Crippen molar-refractivity contribution in [1.82, 2.24) is 5.32 Å². The van der Waals surface area contributed by atoms with Crippen molar-refractivity contribution in [2.45, 2.75) is 64.0 Å². The third-order valence-electron chi connectivity index (χ3n) is 4.35. The second-order valence-electron chi connectivity index (χ2n) is 6.20. The van der Waals surface area contributed by atoms with Gasteiger partial charge in [0.2, 0.25) is 0 Å². The lowest BCUT2D eigenvalue weighted by molar-refractivity contribution is 0.00306. The Balaban J connectivity index is 1.81. The van der Waals surface area contributed by atoms with Gasteiger partial charge in [0.1, 0.15) is 0 Å². The molecule has 0 bridgehead atoms. The lowest BCUT2D eigenvalue weighted by Gasteiger charge is -2.33. The first-order valence-electron chi connectivity index (χ1n) is 7.59. The zero-order chi connectivity index (χ0) is 13.7. The van der Waals surface area contributed by atoms with Gasteiger partial charge in [0, 0.05) is 12.6 Å². The molecular weight excluding hydrogens is 234 g/mol. The fourth-order valence-electron chi connectivity index (χ4n) is 2.99. The summed E-state index contributed by atoms with van der Waals surface area (Å²) in [7, 11) is 0. The maximum atomic E-state index is 10.5. The number of nitrogens with one attached hydrogen (secondary N) is 1. The monoisotopic (exact) mass is 261 g/mol. The Labute approximate surface area is 117 Å². The quantitative estimate of drug-likeness (QED) is 0.853. The summed E-state index contributed by atoms with van der Waals surface area (Å²) in [6, 6.07) is 8.96. The molecule has 1 aromatic carbocycles. The van der Waals surface area contributed by atoms with E-state index in [1.165, 1.54) is 30.4 Å². The molecule has 0 radical (unpaired) electrons. The zero-order valence-electron chi connectivity index (χ0n) is 12.3. The van der Waals surface area contributed by atoms with Gasteiger partial charge in [-0.2, -0.15) is 0 Å². The molecule has 1 unspecified atom stereocenters. The number of aryl methyl sites for hydroxylation is 1. The van der Waals surface area contributed by atoms with Crippen LogP contribution in [0.3, 0.4) is 0 Å². The Hall–Kier alpha value is -0.860. The van der Waals surface area contributed by atoms with Crippen molar-refractivity contribution in [3.8, 4) is 0 Å². The molecular formula is C17H27NO. The van der Waals surface area contributed by atoms with E-state index in [0.717, 1.165) is 25.8 Å². The van der Waals surface area contributed by atoms with Crippen molar-refractivity contribution < 1.29 is 5.11 Å². The van der Waals surface area contributed by atoms with Crippen molar-refractivity contribution >= 4 is 0 Å². The topological polar surface area (TPSA) is 32.3 Å². The van der Waals surface area contributed by atoms with Crippen molar-refractivity contribution in [1.29, 1.82) is 0 Å². The molecule has 1 aliphatic carbocycles. The van der Waals surface area contributed by atoms with Crippen molar-refractivity contribution in [3.05, 3.63) is 35.4 Å². The maximum absolute atomic E-state index is 10.5. The first-order chi connectivity index (χ1) is 9.09. The number of hydrogen-bond acceptors (Lipinski definition) is 2. The van der Waals surface area contributed by atoms with Crippen LogP contribution >= 0.6 is 0 Å². The van der Waals surface area contributed by atoms with Crippen molar-refractivity contribution in [2.24, 2.45) is 0 Å². The number of rotatable bonds is 5. The summed E-state index contributed by atoms with van der Waals surface area (Å²) in [5.74, 6) is 0. The molecule has 0 heterocycles. The molecule has 2 N–H and O–H groups in total. The summed E-state index contributed by atoms with van der Waals surface area (Å²) in [6.07, 6.45) is 6.56. The van der Waals surface area contributed by atoms with Gasteiger partial charge >= 0.3 is 0 Å². The Bertz CT molecular complexity index is 396. The predicted molar refractivity (Wildman–Crippen MR) is 80.4 cm³/mol. The minimum Gasteiger partial charge on any atom is -0.389 e. The second-order valence-corrected chi connectivity index (χ2v) is 6.20. The van der Waals surface area contributed by atoms with Crippen LogP contribution in [0.15, 0.2) is 24.3 Å². The third kappa shape index (κ3) is 4.32. The van der Waals surface area contributed by atoms with E-state index >= 15 is 0 Å². The highest BCUT2D eigenvalue weighted by atomic mass is 16.3. The average Bonchev–Trinajstić information content (AvgIpc) is 2.40. The molecule has 0 amide bonds. The molecule has 0 aromatic heterocycles. The Morgan fingerprint density at radius 2 is 1.89 bits per heavy atom. The van der Waals surface area contributed by atoms with Crippen molar-refractivity contribution in [2.75, 3.05) is 6.54 Å². The van der Waals surface area contributed by atoms with E-state index in [1.54, 1.807) is 0 Å². The lowest BCUT2D eigenvalue weighted by atomic mass is 9.84. The van der Waals surface area contributed by atoms with Crippen molar-refractivity contribution in [3.63, 3.8) is 0 Å². The number of benzene rings is 1. The van der Waals surface area contributed by atoms with Crippen LogP contribution in [0.2, 0.25) is 0 Å². The van der Waals surface area contributed by atoms with Crippen LogP contribution in [-0.2, 0) is 6.42 Å². The Morgan fingerprint density at radius 1 is 1.21 bits per heavy atom. The van der Waals surface area contributed by atoms with Gasteiger partial charge in [-0.25, -0.2) is 0 Å². The minimum absolute atomic E-state index is 0.409. The van der Waals surface area contributed by atoms with E-state index in [4.69, 9.17) is 0 Å². The molecule has 19 heavy (non-hydrogen) atoms. The Kier molecular flexibility index (Phi) is 5.00. The molecule has 1 aliphatic rings. The highest BCUT2D eigenvalue weighted by Gasteiger charge is 2.29. The standard InChI is InChI=1S/C17H27NO/c1-14-8-4-5-9-16(14)12-15(2)18-13-17(19)10-6-3-7-11-17/h4-5,8-9,15,18-19H,3,6-7,10-13H2,1-2H3. The highest BCUT2D eigenvalue weighted by Crippen LogP contribution is 2.27. The number of aliphatic hydroxyl groups is 1. The first-order valence-corrected chi connectivity index (χ1v) is 7.59. The smallest absolute Gasteiger partial charge is 0.0771 e. The van der Waals surface area contributed by atoms with Gasteiger partial charge in [-0.15, -0.1) is 0 Å². The molecule has 2 rings (SSSR count). The van der Waals surface area contributed by atoms with Crippen LogP contribution in [-0.4, -0.2) is 23.3 Å². The summed E-state index contributed by atoms with van der Waals surface area (Å²) in [6.45, 7) is 5.11. The first kappa shape index (κ1) is 14.5. The van der Waals surface area contributed by atoms with Gasteiger partial charge in [-0.05, 0) is 44.2 Å². The zero-order valence-corrected chi connectivity index (χ0v) is 12.3. The number of hydrogen-bond donors (Lipinski definition) is 2.